The smallest absolute Gasteiger partial charge is 0.230 e. The minimum absolute atomic E-state index is 0.0421. The third kappa shape index (κ3) is 5.70. The van der Waals surface area contributed by atoms with Crippen molar-refractivity contribution in [3.05, 3.63) is 64.9 Å². The van der Waals surface area contributed by atoms with Gasteiger partial charge in [0.15, 0.2) is 0 Å². The number of rotatable bonds is 7. The van der Waals surface area contributed by atoms with Crippen molar-refractivity contribution in [2.24, 2.45) is 0 Å². The van der Waals surface area contributed by atoms with E-state index in [1.807, 2.05) is 49.4 Å². The topological polar surface area (TPSA) is 42.0 Å². The Labute approximate surface area is 140 Å². The Kier molecular flexibility index (Phi) is 6.74. The molecule has 0 saturated carbocycles. The minimum atomic E-state index is 0.0421. The molecule has 1 N–H and O–H groups in total. The number of carbonyl (C=O) groups excluding carboxylic acids is 1. The molecule has 0 saturated heterocycles. The van der Waals surface area contributed by atoms with Gasteiger partial charge in [-0.05, 0) is 30.7 Å². The van der Waals surface area contributed by atoms with Crippen LogP contribution in [0.4, 0.5) is 0 Å². The van der Waals surface area contributed by atoms with Gasteiger partial charge in [-0.2, -0.15) is 0 Å². The number of pyridine rings is 1. The van der Waals surface area contributed by atoms with Gasteiger partial charge in [0.25, 0.3) is 0 Å². The predicted octanol–water partition coefficient (Wildman–Crippen LogP) is 3.72. The first kappa shape index (κ1) is 16.8. The summed E-state index contributed by atoms with van der Waals surface area (Å²) in [6.07, 6.45) is 2.51. The van der Waals surface area contributed by atoms with E-state index in [9.17, 15) is 4.79 Å². The molecular weight excluding hydrogens is 316 g/mol. The number of hydrogen-bond donors (Lipinski definition) is 1. The standard InChI is InChI=1S/C17H19ClN2OS/c1-13(10-15-7-4-5-9-19-15)20-17(21)12-22-11-14-6-2-3-8-16(14)18/h2-9,13H,10-12H2,1H3,(H,20,21)/t13-/m0/s1. The van der Waals surface area contributed by atoms with Crippen LogP contribution in [0.2, 0.25) is 5.02 Å². The lowest BCUT2D eigenvalue weighted by Crippen LogP contribution is -2.35. The van der Waals surface area contributed by atoms with Crippen LogP contribution in [-0.4, -0.2) is 22.7 Å². The maximum atomic E-state index is 11.9. The van der Waals surface area contributed by atoms with Crippen LogP contribution < -0.4 is 5.32 Å². The van der Waals surface area contributed by atoms with Crippen molar-refractivity contribution in [1.29, 1.82) is 0 Å². The van der Waals surface area contributed by atoms with Crippen LogP contribution in [0.1, 0.15) is 18.2 Å². The highest BCUT2D eigenvalue weighted by Crippen LogP contribution is 2.20. The van der Waals surface area contributed by atoms with Gasteiger partial charge in [0.2, 0.25) is 5.91 Å². The van der Waals surface area contributed by atoms with Gasteiger partial charge in [-0.1, -0.05) is 35.9 Å². The number of nitrogens with zero attached hydrogens (tertiary/aromatic N) is 1. The number of nitrogens with one attached hydrogen (secondary N) is 1. The van der Waals surface area contributed by atoms with Gasteiger partial charge in [-0.25, -0.2) is 0 Å². The number of benzene rings is 1. The molecule has 2 rings (SSSR count). The lowest BCUT2D eigenvalue weighted by molar-refractivity contribution is -0.119. The number of thioether (sulfide) groups is 1. The number of amides is 1. The second-order valence-electron chi connectivity index (χ2n) is 5.08. The fraction of sp³-hybridized carbons (Fsp3) is 0.294. The fourth-order valence-corrected chi connectivity index (χ4v) is 3.19. The molecule has 0 radical (unpaired) electrons. The zero-order valence-corrected chi connectivity index (χ0v) is 14.0. The van der Waals surface area contributed by atoms with Crippen LogP contribution in [0, 0.1) is 0 Å². The molecule has 1 amide bonds. The van der Waals surface area contributed by atoms with Crippen LogP contribution >= 0.6 is 23.4 Å². The van der Waals surface area contributed by atoms with E-state index in [-0.39, 0.29) is 11.9 Å². The van der Waals surface area contributed by atoms with Crippen molar-refractivity contribution < 1.29 is 4.79 Å². The zero-order valence-electron chi connectivity index (χ0n) is 12.5. The molecule has 1 aromatic carbocycles. The Balaban J connectivity index is 1.70. The second-order valence-corrected chi connectivity index (χ2v) is 6.47. The molecule has 22 heavy (non-hydrogen) atoms. The molecule has 0 aliphatic heterocycles. The molecule has 3 nitrogen and oxygen atoms in total. The summed E-state index contributed by atoms with van der Waals surface area (Å²) in [5, 5.41) is 3.75. The molecule has 1 heterocycles. The van der Waals surface area contributed by atoms with E-state index < -0.39 is 0 Å². The van der Waals surface area contributed by atoms with Gasteiger partial charge in [-0.3, -0.25) is 9.78 Å². The van der Waals surface area contributed by atoms with E-state index in [1.54, 1.807) is 18.0 Å². The largest absolute Gasteiger partial charge is 0.353 e. The van der Waals surface area contributed by atoms with Crippen molar-refractivity contribution in [1.82, 2.24) is 10.3 Å². The van der Waals surface area contributed by atoms with Gasteiger partial charge < -0.3 is 5.32 Å². The molecule has 0 spiro atoms. The van der Waals surface area contributed by atoms with E-state index in [1.165, 1.54) is 0 Å². The lowest BCUT2D eigenvalue weighted by atomic mass is 10.1. The van der Waals surface area contributed by atoms with Crippen LogP contribution in [-0.2, 0) is 17.0 Å². The maximum absolute atomic E-state index is 11.9. The quantitative estimate of drug-likeness (QED) is 0.839. The highest BCUT2D eigenvalue weighted by atomic mass is 35.5. The van der Waals surface area contributed by atoms with E-state index in [0.717, 1.165) is 28.5 Å². The van der Waals surface area contributed by atoms with Crippen molar-refractivity contribution >= 4 is 29.3 Å². The number of halogens is 1. The second kappa shape index (κ2) is 8.81. The van der Waals surface area contributed by atoms with E-state index in [2.05, 4.69) is 10.3 Å². The number of carbonyl (C=O) groups is 1. The Hall–Kier alpha value is -1.52. The van der Waals surface area contributed by atoms with Crippen LogP contribution in [0.25, 0.3) is 0 Å². The third-order valence-electron chi connectivity index (χ3n) is 3.10. The highest BCUT2D eigenvalue weighted by molar-refractivity contribution is 7.99. The SMILES string of the molecule is C[C@@H](Cc1ccccn1)NC(=O)CSCc1ccccc1Cl. The summed E-state index contributed by atoms with van der Waals surface area (Å²) >= 11 is 7.66. The molecule has 2 aromatic rings. The number of hydrogen-bond acceptors (Lipinski definition) is 3. The minimum Gasteiger partial charge on any atom is -0.353 e. The summed E-state index contributed by atoms with van der Waals surface area (Å²) in [4.78, 5) is 16.2. The first-order valence-corrected chi connectivity index (χ1v) is 8.69. The average Bonchev–Trinajstić information content (AvgIpc) is 2.50. The average molecular weight is 335 g/mol. The van der Waals surface area contributed by atoms with Crippen molar-refractivity contribution in [3.63, 3.8) is 0 Å². The maximum Gasteiger partial charge on any atom is 0.230 e. The van der Waals surface area contributed by atoms with E-state index in [4.69, 9.17) is 11.6 Å². The van der Waals surface area contributed by atoms with Gasteiger partial charge >= 0.3 is 0 Å². The van der Waals surface area contributed by atoms with Gasteiger partial charge in [0.1, 0.15) is 0 Å². The predicted molar refractivity (Wildman–Crippen MR) is 93.2 cm³/mol. The van der Waals surface area contributed by atoms with Crippen molar-refractivity contribution in [2.45, 2.75) is 25.1 Å². The van der Waals surface area contributed by atoms with Crippen molar-refractivity contribution in [2.75, 3.05) is 5.75 Å². The summed E-state index contributed by atoms with van der Waals surface area (Å²) < 4.78 is 0. The van der Waals surface area contributed by atoms with Crippen LogP contribution in [0.15, 0.2) is 48.7 Å². The normalized spacial score (nSPS) is 11.9. The first-order chi connectivity index (χ1) is 10.6. The van der Waals surface area contributed by atoms with Crippen LogP contribution in [0.5, 0.6) is 0 Å². The fourth-order valence-electron chi connectivity index (χ4n) is 2.07. The zero-order chi connectivity index (χ0) is 15.8. The molecule has 116 valence electrons. The van der Waals surface area contributed by atoms with E-state index >= 15 is 0 Å². The third-order valence-corrected chi connectivity index (χ3v) is 4.45. The van der Waals surface area contributed by atoms with Gasteiger partial charge in [0, 0.05) is 35.1 Å². The molecule has 0 bridgehead atoms. The van der Waals surface area contributed by atoms with Gasteiger partial charge in [-0.15, -0.1) is 11.8 Å². The molecule has 1 aromatic heterocycles. The molecule has 0 aliphatic carbocycles. The lowest BCUT2D eigenvalue weighted by Gasteiger charge is -2.13. The summed E-state index contributed by atoms with van der Waals surface area (Å²) in [6, 6.07) is 13.6. The summed E-state index contributed by atoms with van der Waals surface area (Å²) in [7, 11) is 0. The first-order valence-electron chi connectivity index (χ1n) is 7.15. The van der Waals surface area contributed by atoms with Crippen LogP contribution in [0.3, 0.4) is 0 Å². The molecule has 0 fully saturated rings. The molecule has 0 unspecified atom stereocenters. The monoisotopic (exact) mass is 334 g/mol. The molecule has 5 heteroatoms. The molecule has 1 atom stereocenters. The number of aromatic nitrogens is 1. The Morgan fingerprint density at radius 2 is 2.05 bits per heavy atom. The summed E-state index contributed by atoms with van der Waals surface area (Å²) in [5.41, 5.74) is 2.04. The Morgan fingerprint density at radius 3 is 2.77 bits per heavy atom. The molecular formula is C17H19ClN2OS. The Morgan fingerprint density at radius 1 is 1.27 bits per heavy atom. The highest BCUT2D eigenvalue weighted by Gasteiger charge is 2.09. The molecule has 0 aliphatic rings. The van der Waals surface area contributed by atoms with Crippen molar-refractivity contribution in [3.8, 4) is 0 Å². The summed E-state index contributed by atoms with van der Waals surface area (Å²) in [6.45, 7) is 1.99. The van der Waals surface area contributed by atoms with E-state index in [0.29, 0.717) is 5.75 Å². The Bertz CT molecular complexity index is 607. The summed E-state index contributed by atoms with van der Waals surface area (Å²) in [5.74, 6) is 1.21. The van der Waals surface area contributed by atoms with Gasteiger partial charge in [0.05, 0.1) is 5.75 Å².